The minimum absolute atomic E-state index is 0.124. The Labute approximate surface area is 193 Å². The van der Waals surface area contributed by atoms with Crippen molar-refractivity contribution in [1.29, 1.82) is 0 Å². The number of amides is 2. The molecule has 1 N–H and O–H groups in total. The summed E-state index contributed by atoms with van der Waals surface area (Å²) in [6.07, 6.45) is 3.09. The van der Waals surface area contributed by atoms with Gasteiger partial charge in [0.25, 0.3) is 0 Å². The smallest absolute Gasteiger partial charge is 0.248 e. The zero-order valence-corrected chi connectivity index (χ0v) is 19.6. The van der Waals surface area contributed by atoms with Crippen LogP contribution < -0.4 is 15.1 Å². The SMILES string of the molecule is CCN(c1ccc(NC(=O)C=Cc2csc(N(C(C)=O)c3ccccc3)n2)cc1)C(C)C. The second kappa shape index (κ2) is 10.7. The normalized spacial score (nSPS) is 11.0. The van der Waals surface area contributed by atoms with E-state index >= 15 is 0 Å². The fraction of sp³-hybridized carbons (Fsp3) is 0.240. The summed E-state index contributed by atoms with van der Waals surface area (Å²) in [5.74, 6) is -0.364. The Morgan fingerprint density at radius 3 is 2.34 bits per heavy atom. The molecule has 2 aromatic carbocycles. The minimum Gasteiger partial charge on any atom is -0.369 e. The summed E-state index contributed by atoms with van der Waals surface area (Å²) in [7, 11) is 0. The lowest BCUT2D eigenvalue weighted by atomic mass is 10.2. The molecule has 0 aliphatic heterocycles. The second-order valence-electron chi connectivity index (χ2n) is 7.49. The number of anilines is 4. The Bertz CT molecular complexity index is 1070. The third kappa shape index (κ3) is 5.82. The maximum atomic E-state index is 12.3. The van der Waals surface area contributed by atoms with Crippen LogP contribution in [0.1, 0.15) is 33.4 Å². The van der Waals surface area contributed by atoms with Crippen molar-refractivity contribution >= 4 is 51.4 Å². The van der Waals surface area contributed by atoms with Crippen LogP contribution in [0.5, 0.6) is 0 Å². The van der Waals surface area contributed by atoms with Gasteiger partial charge >= 0.3 is 0 Å². The number of rotatable bonds is 8. The van der Waals surface area contributed by atoms with Crippen LogP contribution >= 0.6 is 11.3 Å². The van der Waals surface area contributed by atoms with Gasteiger partial charge in [0.15, 0.2) is 5.13 Å². The number of hydrogen-bond acceptors (Lipinski definition) is 5. The van der Waals surface area contributed by atoms with E-state index < -0.39 is 0 Å². The number of aromatic nitrogens is 1. The van der Waals surface area contributed by atoms with E-state index in [0.717, 1.165) is 23.6 Å². The minimum atomic E-state index is -0.241. The fourth-order valence-electron chi connectivity index (χ4n) is 3.39. The first kappa shape index (κ1) is 23.2. The van der Waals surface area contributed by atoms with Crippen LogP contribution in [0.15, 0.2) is 66.1 Å². The van der Waals surface area contributed by atoms with Gasteiger partial charge in [-0.25, -0.2) is 4.98 Å². The van der Waals surface area contributed by atoms with Crippen molar-refractivity contribution in [2.45, 2.75) is 33.7 Å². The molecule has 0 bridgehead atoms. The molecule has 1 aromatic heterocycles. The molecule has 0 aliphatic carbocycles. The zero-order chi connectivity index (χ0) is 23.1. The van der Waals surface area contributed by atoms with Crippen LogP contribution in [0.25, 0.3) is 6.08 Å². The lowest BCUT2D eigenvalue weighted by molar-refractivity contribution is -0.116. The molecule has 7 heteroatoms. The second-order valence-corrected chi connectivity index (χ2v) is 8.33. The number of thiazole rings is 1. The molecule has 0 unspecified atom stereocenters. The van der Waals surface area contributed by atoms with Gasteiger partial charge < -0.3 is 10.2 Å². The molecule has 0 spiro atoms. The molecular weight excluding hydrogens is 420 g/mol. The van der Waals surface area contributed by atoms with Crippen LogP contribution in [-0.2, 0) is 9.59 Å². The summed E-state index contributed by atoms with van der Waals surface area (Å²) >= 11 is 1.35. The third-order valence-corrected chi connectivity index (χ3v) is 5.71. The maximum absolute atomic E-state index is 12.3. The number of hydrogen-bond donors (Lipinski definition) is 1. The first-order valence-corrected chi connectivity index (χ1v) is 11.4. The molecule has 3 rings (SSSR count). The molecule has 0 aliphatic rings. The topological polar surface area (TPSA) is 65.5 Å². The quantitative estimate of drug-likeness (QED) is 0.448. The van der Waals surface area contributed by atoms with E-state index in [1.165, 1.54) is 24.3 Å². The predicted molar refractivity (Wildman–Crippen MR) is 134 cm³/mol. The van der Waals surface area contributed by atoms with Crippen molar-refractivity contribution in [2.24, 2.45) is 0 Å². The summed E-state index contributed by atoms with van der Waals surface area (Å²) in [5.41, 5.74) is 3.23. The van der Waals surface area contributed by atoms with Gasteiger partial charge in [0.05, 0.1) is 11.4 Å². The fourth-order valence-corrected chi connectivity index (χ4v) is 4.24. The van der Waals surface area contributed by atoms with E-state index in [1.807, 2.05) is 60.0 Å². The Kier molecular flexibility index (Phi) is 7.78. The summed E-state index contributed by atoms with van der Waals surface area (Å²) in [4.78, 5) is 32.8. The van der Waals surface area contributed by atoms with Gasteiger partial charge in [-0.3, -0.25) is 14.5 Å². The molecule has 6 nitrogen and oxygen atoms in total. The molecule has 2 amide bonds. The Morgan fingerprint density at radius 1 is 1.06 bits per heavy atom. The maximum Gasteiger partial charge on any atom is 0.248 e. The Hall–Kier alpha value is -3.45. The van der Waals surface area contributed by atoms with Crippen LogP contribution in [0.4, 0.5) is 22.2 Å². The molecule has 0 radical (unpaired) electrons. The lowest BCUT2D eigenvalue weighted by Gasteiger charge is -2.27. The third-order valence-electron chi connectivity index (χ3n) is 4.87. The monoisotopic (exact) mass is 448 g/mol. The van der Waals surface area contributed by atoms with Gasteiger partial charge in [-0.2, -0.15) is 0 Å². The Balaban J connectivity index is 1.65. The van der Waals surface area contributed by atoms with E-state index in [0.29, 0.717) is 16.9 Å². The number of para-hydroxylation sites is 1. The molecular formula is C25H28N4O2S. The number of benzene rings is 2. The Morgan fingerprint density at radius 2 is 1.75 bits per heavy atom. The summed E-state index contributed by atoms with van der Waals surface area (Å²) in [6, 6.07) is 17.6. The first-order valence-electron chi connectivity index (χ1n) is 10.6. The van der Waals surface area contributed by atoms with Gasteiger partial charge in [-0.15, -0.1) is 11.3 Å². The van der Waals surface area contributed by atoms with Crippen LogP contribution in [0, 0.1) is 0 Å². The van der Waals surface area contributed by atoms with Gasteiger partial charge in [0.2, 0.25) is 11.8 Å². The van der Waals surface area contributed by atoms with Gasteiger partial charge in [-0.05, 0) is 63.2 Å². The van der Waals surface area contributed by atoms with E-state index in [1.54, 1.807) is 11.0 Å². The average Bonchev–Trinajstić information content (AvgIpc) is 3.23. The highest BCUT2D eigenvalue weighted by atomic mass is 32.1. The number of nitrogens with one attached hydrogen (secondary N) is 1. The van der Waals surface area contributed by atoms with Crippen molar-refractivity contribution in [3.05, 3.63) is 71.7 Å². The van der Waals surface area contributed by atoms with Gasteiger partial charge in [0, 0.05) is 42.3 Å². The molecule has 0 saturated carbocycles. The van der Waals surface area contributed by atoms with E-state index in [9.17, 15) is 9.59 Å². The highest BCUT2D eigenvalue weighted by Crippen LogP contribution is 2.29. The van der Waals surface area contributed by atoms with Crippen molar-refractivity contribution < 1.29 is 9.59 Å². The van der Waals surface area contributed by atoms with Crippen LogP contribution in [-0.4, -0.2) is 29.4 Å². The molecule has 0 atom stereocenters. The molecule has 32 heavy (non-hydrogen) atoms. The number of carbonyl (C=O) groups excluding carboxylic acids is 2. The lowest BCUT2D eigenvalue weighted by Crippen LogP contribution is -2.30. The number of nitrogens with zero attached hydrogens (tertiary/aromatic N) is 3. The van der Waals surface area contributed by atoms with E-state index in [2.05, 4.69) is 36.0 Å². The van der Waals surface area contributed by atoms with Crippen molar-refractivity contribution in [3.63, 3.8) is 0 Å². The van der Waals surface area contributed by atoms with Crippen molar-refractivity contribution in [1.82, 2.24) is 4.98 Å². The highest BCUT2D eigenvalue weighted by molar-refractivity contribution is 7.14. The molecule has 3 aromatic rings. The molecule has 0 fully saturated rings. The summed E-state index contributed by atoms with van der Waals surface area (Å²) in [6.45, 7) is 8.86. The van der Waals surface area contributed by atoms with Crippen LogP contribution in [0.2, 0.25) is 0 Å². The number of carbonyl (C=O) groups is 2. The largest absolute Gasteiger partial charge is 0.369 e. The summed E-state index contributed by atoms with van der Waals surface area (Å²) < 4.78 is 0. The molecule has 1 heterocycles. The molecule has 166 valence electrons. The van der Waals surface area contributed by atoms with Crippen molar-refractivity contribution in [3.8, 4) is 0 Å². The van der Waals surface area contributed by atoms with Gasteiger partial charge in [-0.1, -0.05) is 18.2 Å². The molecule has 0 saturated heterocycles. The highest BCUT2D eigenvalue weighted by Gasteiger charge is 2.17. The summed E-state index contributed by atoms with van der Waals surface area (Å²) in [5, 5.41) is 5.24. The van der Waals surface area contributed by atoms with Gasteiger partial charge in [0.1, 0.15) is 0 Å². The van der Waals surface area contributed by atoms with E-state index in [-0.39, 0.29) is 11.8 Å². The predicted octanol–water partition coefficient (Wildman–Crippen LogP) is 5.71. The van der Waals surface area contributed by atoms with E-state index in [4.69, 9.17) is 0 Å². The standard InChI is InChI=1S/C25H28N4O2S/c1-5-28(18(2)3)22-14-11-20(12-15-22)26-24(31)16-13-21-17-32-25(27-21)29(19(4)30)23-9-7-6-8-10-23/h6-18H,5H2,1-4H3,(H,26,31). The average molecular weight is 449 g/mol. The zero-order valence-electron chi connectivity index (χ0n) is 18.8. The first-order chi connectivity index (χ1) is 15.4. The van der Waals surface area contributed by atoms with Crippen LogP contribution in [0.3, 0.4) is 0 Å². The van der Waals surface area contributed by atoms with Crippen molar-refractivity contribution in [2.75, 3.05) is 21.7 Å².